The summed E-state index contributed by atoms with van der Waals surface area (Å²) in [6.07, 6.45) is 5.09. The van der Waals surface area contributed by atoms with Gasteiger partial charge in [-0.05, 0) is 32.7 Å². The van der Waals surface area contributed by atoms with E-state index in [0.717, 1.165) is 0 Å². The summed E-state index contributed by atoms with van der Waals surface area (Å²) in [4.78, 5) is 13.2. The molecule has 0 bridgehead atoms. The normalized spacial score (nSPS) is 30.3. The van der Waals surface area contributed by atoms with E-state index in [9.17, 15) is 4.79 Å². The van der Waals surface area contributed by atoms with Gasteiger partial charge in [-0.3, -0.25) is 9.69 Å². The minimum absolute atomic E-state index is 0.138. The van der Waals surface area contributed by atoms with Crippen LogP contribution in [0.4, 0.5) is 0 Å². The first-order valence-corrected chi connectivity index (χ1v) is 5.55. The molecule has 3 nitrogen and oxygen atoms in total. The van der Waals surface area contributed by atoms with Crippen molar-refractivity contribution in [2.75, 3.05) is 7.05 Å². The van der Waals surface area contributed by atoms with E-state index in [1.807, 2.05) is 14.0 Å². The highest BCUT2D eigenvalue weighted by molar-refractivity contribution is 5.79. The van der Waals surface area contributed by atoms with Gasteiger partial charge >= 0.3 is 0 Å². The predicted molar refractivity (Wildman–Crippen MR) is 57.8 cm³/mol. The molecule has 1 fully saturated rings. The lowest BCUT2D eigenvalue weighted by atomic mass is 9.84. The van der Waals surface area contributed by atoms with Crippen molar-refractivity contribution >= 4 is 5.91 Å². The standard InChI is InChI=1S/C11H22N2O/c1-8-6-4-5-7-10(8)13(3)9(2)11(12)14/h8-10H,4-7H2,1-3H3,(H2,12,14). The maximum Gasteiger partial charge on any atom is 0.234 e. The van der Waals surface area contributed by atoms with Crippen LogP contribution in [0.25, 0.3) is 0 Å². The molecule has 1 aliphatic carbocycles. The third kappa shape index (κ3) is 2.47. The van der Waals surface area contributed by atoms with E-state index in [-0.39, 0.29) is 11.9 Å². The van der Waals surface area contributed by atoms with Crippen LogP contribution < -0.4 is 5.73 Å². The Hall–Kier alpha value is -0.570. The largest absolute Gasteiger partial charge is 0.368 e. The Morgan fingerprint density at radius 2 is 2.00 bits per heavy atom. The lowest BCUT2D eigenvalue weighted by Gasteiger charge is -2.38. The average Bonchev–Trinajstić information content (AvgIpc) is 2.16. The van der Waals surface area contributed by atoms with Gasteiger partial charge in [-0.1, -0.05) is 19.8 Å². The van der Waals surface area contributed by atoms with Crippen molar-refractivity contribution in [1.82, 2.24) is 4.90 Å². The zero-order valence-corrected chi connectivity index (χ0v) is 9.49. The van der Waals surface area contributed by atoms with Gasteiger partial charge in [0.05, 0.1) is 6.04 Å². The monoisotopic (exact) mass is 198 g/mol. The Kier molecular flexibility index (Phi) is 3.93. The fourth-order valence-corrected chi connectivity index (χ4v) is 2.39. The van der Waals surface area contributed by atoms with Crippen LogP contribution in [0.15, 0.2) is 0 Å². The average molecular weight is 198 g/mol. The molecule has 82 valence electrons. The van der Waals surface area contributed by atoms with Crippen molar-refractivity contribution in [3.8, 4) is 0 Å². The second kappa shape index (κ2) is 4.78. The lowest BCUT2D eigenvalue weighted by molar-refractivity contribution is -0.123. The van der Waals surface area contributed by atoms with Gasteiger partial charge in [0.15, 0.2) is 0 Å². The second-order valence-electron chi connectivity index (χ2n) is 4.57. The topological polar surface area (TPSA) is 46.3 Å². The SMILES string of the molecule is CC1CCCCC1N(C)C(C)C(N)=O. The number of carbonyl (C=O) groups excluding carboxylic acids is 1. The summed E-state index contributed by atoms with van der Waals surface area (Å²) in [6, 6.07) is 0.395. The summed E-state index contributed by atoms with van der Waals surface area (Å²) in [5.74, 6) is 0.473. The van der Waals surface area contributed by atoms with Crippen molar-refractivity contribution in [1.29, 1.82) is 0 Å². The van der Waals surface area contributed by atoms with Crippen molar-refractivity contribution < 1.29 is 4.79 Å². The Balaban J connectivity index is 2.57. The number of rotatable bonds is 3. The molecule has 0 saturated heterocycles. The quantitative estimate of drug-likeness (QED) is 0.744. The third-order valence-electron chi connectivity index (χ3n) is 3.61. The van der Waals surface area contributed by atoms with E-state index in [1.54, 1.807) is 0 Å². The van der Waals surface area contributed by atoms with Gasteiger partial charge in [-0.25, -0.2) is 0 Å². The van der Waals surface area contributed by atoms with E-state index in [2.05, 4.69) is 11.8 Å². The molecule has 1 aliphatic rings. The summed E-state index contributed by atoms with van der Waals surface area (Å²) in [6.45, 7) is 4.16. The molecule has 14 heavy (non-hydrogen) atoms. The van der Waals surface area contributed by atoms with E-state index >= 15 is 0 Å². The molecule has 0 aromatic heterocycles. The maximum absolute atomic E-state index is 11.1. The highest BCUT2D eigenvalue weighted by atomic mass is 16.1. The molecule has 3 atom stereocenters. The van der Waals surface area contributed by atoms with Crippen LogP contribution in [0.5, 0.6) is 0 Å². The first-order chi connectivity index (χ1) is 6.54. The number of hydrogen-bond donors (Lipinski definition) is 1. The molecule has 0 heterocycles. The van der Waals surface area contributed by atoms with Gasteiger partial charge in [-0.2, -0.15) is 0 Å². The number of nitrogens with zero attached hydrogens (tertiary/aromatic N) is 1. The van der Waals surface area contributed by atoms with E-state index in [4.69, 9.17) is 5.73 Å². The highest BCUT2D eigenvalue weighted by Gasteiger charge is 2.29. The molecular weight excluding hydrogens is 176 g/mol. The number of amides is 1. The molecule has 0 aromatic carbocycles. The molecule has 2 N–H and O–H groups in total. The Bertz CT molecular complexity index is 205. The molecule has 0 aliphatic heterocycles. The smallest absolute Gasteiger partial charge is 0.234 e. The van der Waals surface area contributed by atoms with Gasteiger partial charge in [0.2, 0.25) is 5.91 Å². The fraction of sp³-hybridized carbons (Fsp3) is 0.909. The summed E-state index contributed by atoms with van der Waals surface area (Å²) in [7, 11) is 2.02. The van der Waals surface area contributed by atoms with Gasteiger partial charge in [0.1, 0.15) is 0 Å². The molecule has 3 unspecified atom stereocenters. The van der Waals surface area contributed by atoms with Gasteiger partial charge in [0, 0.05) is 6.04 Å². The zero-order chi connectivity index (χ0) is 10.7. The van der Waals surface area contributed by atoms with Crippen molar-refractivity contribution in [2.45, 2.75) is 51.6 Å². The van der Waals surface area contributed by atoms with Crippen LogP contribution in [0.3, 0.4) is 0 Å². The van der Waals surface area contributed by atoms with Crippen molar-refractivity contribution in [3.63, 3.8) is 0 Å². The zero-order valence-electron chi connectivity index (χ0n) is 9.49. The van der Waals surface area contributed by atoms with Gasteiger partial charge in [-0.15, -0.1) is 0 Å². The summed E-state index contributed by atoms with van der Waals surface area (Å²) in [5.41, 5.74) is 5.31. The van der Waals surface area contributed by atoms with Crippen molar-refractivity contribution in [2.24, 2.45) is 11.7 Å². The predicted octanol–water partition coefficient (Wildman–Crippen LogP) is 1.37. The van der Waals surface area contributed by atoms with Gasteiger partial charge in [0.25, 0.3) is 0 Å². The molecule has 1 saturated carbocycles. The highest BCUT2D eigenvalue weighted by Crippen LogP contribution is 2.28. The van der Waals surface area contributed by atoms with Crippen LogP contribution in [0, 0.1) is 5.92 Å². The Morgan fingerprint density at radius 1 is 1.43 bits per heavy atom. The molecular formula is C11H22N2O. The number of likely N-dealkylation sites (N-methyl/N-ethyl adjacent to an activating group) is 1. The minimum Gasteiger partial charge on any atom is -0.368 e. The number of hydrogen-bond acceptors (Lipinski definition) is 2. The van der Waals surface area contributed by atoms with E-state index < -0.39 is 0 Å². The van der Waals surface area contributed by atoms with Crippen LogP contribution in [0.2, 0.25) is 0 Å². The number of primary amides is 1. The van der Waals surface area contributed by atoms with Crippen LogP contribution in [-0.4, -0.2) is 29.9 Å². The first-order valence-electron chi connectivity index (χ1n) is 5.55. The molecule has 0 radical (unpaired) electrons. The van der Waals surface area contributed by atoms with Gasteiger partial charge < -0.3 is 5.73 Å². The summed E-state index contributed by atoms with van der Waals surface area (Å²) in [5, 5.41) is 0. The molecule has 0 aromatic rings. The number of carbonyl (C=O) groups is 1. The fourth-order valence-electron chi connectivity index (χ4n) is 2.39. The molecule has 0 spiro atoms. The lowest BCUT2D eigenvalue weighted by Crippen LogP contribution is -2.49. The Labute approximate surface area is 86.6 Å². The summed E-state index contributed by atoms with van der Waals surface area (Å²) < 4.78 is 0. The summed E-state index contributed by atoms with van der Waals surface area (Å²) >= 11 is 0. The van der Waals surface area contributed by atoms with Crippen molar-refractivity contribution in [3.05, 3.63) is 0 Å². The number of nitrogens with two attached hydrogens (primary N) is 1. The Morgan fingerprint density at radius 3 is 2.50 bits per heavy atom. The molecule has 1 amide bonds. The van der Waals surface area contributed by atoms with E-state index in [1.165, 1.54) is 25.7 Å². The first kappa shape index (κ1) is 11.5. The third-order valence-corrected chi connectivity index (χ3v) is 3.61. The molecule has 1 rings (SSSR count). The van der Waals surface area contributed by atoms with E-state index in [0.29, 0.717) is 12.0 Å². The van der Waals surface area contributed by atoms with Crippen LogP contribution >= 0.6 is 0 Å². The molecule has 3 heteroatoms. The van der Waals surface area contributed by atoms with Crippen LogP contribution in [-0.2, 0) is 4.79 Å². The second-order valence-corrected chi connectivity index (χ2v) is 4.57. The minimum atomic E-state index is -0.217. The maximum atomic E-state index is 11.1. The van der Waals surface area contributed by atoms with Crippen LogP contribution in [0.1, 0.15) is 39.5 Å².